The molecule has 1 aliphatic rings. The fourth-order valence-corrected chi connectivity index (χ4v) is 5.93. The number of carbonyl (C=O) groups excluding carboxylic acids is 2. The molecular formula is C38H31FN4O4. The average molecular weight is 627 g/mol. The number of fused-ring (bicyclic) bond motifs is 1. The molecule has 3 aromatic heterocycles. The Hall–Kier alpha value is -5.83. The van der Waals surface area contributed by atoms with E-state index in [-0.39, 0.29) is 30.3 Å². The number of hydrogen-bond donors (Lipinski definition) is 2. The summed E-state index contributed by atoms with van der Waals surface area (Å²) in [6.45, 7) is 2.18. The zero-order valence-electron chi connectivity index (χ0n) is 25.6. The number of nitrogens with one attached hydrogen (secondary N) is 1. The van der Waals surface area contributed by atoms with Gasteiger partial charge in [-0.3, -0.25) is 19.6 Å². The summed E-state index contributed by atoms with van der Waals surface area (Å²) in [5.74, 6) is -0.415. The topological polar surface area (TPSA) is 120 Å². The maximum Gasteiger partial charge on any atom is 0.255 e. The highest BCUT2D eigenvalue weighted by Crippen LogP contribution is 2.45. The molecule has 7 rings (SSSR count). The van der Waals surface area contributed by atoms with Crippen LogP contribution in [0.2, 0.25) is 0 Å². The highest BCUT2D eigenvalue weighted by molar-refractivity contribution is 6.08. The Bertz CT molecular complexity index is 2110. The van der Waals surface area contributed by atoms with Crippen molar-refractivity contribution in [2.75, 3.05) is 0 Å². The summed E-state index contributed by atoms with van der Waals surface area (Å²) in [4.78, 5) is 35.4. The zero-order valence-corrected chi connectivity index (χ0v) is 25.6. The van der Waals surface area contributed by atoms with Gasteiger partial charge in [-0.15, -0.1) is 0 Å². The number of hydrogen-bond acceptors (Lipinski definition) is 6. The molecule has 9 heteroatoms. The first kappa shape index (κ1) is 29.9. The number of nitrogens with zero attached hydrogens (tertiary/aromatic N) is 2. The first-order valence-corrected chi connectivity index (χ1v) is 15.3. The SMILES string of the molecule is Cc1cc(OCc2cccnc2)c(C(=O)NC2(c3ccccn3)CC2)cc1-c1ccc2oc(Cc3ccc(F)cc3)c(C(N)=O)c2c1. The van der Waals surface area contributed by atoms with Gasteiger partial charge in [0.25, 0.3) is 11.8 Å². The third-order valence-corrected chi connectivity index (χ3v) is 8.54. The number of aryl methyl sites for hydroxylation is 1. The second-order valence-electron chi connectivity index (χ2n) is 11.8. The molecule has 3 aromatic carbocycles. The highest BCUT2D eigenvalue weighted by Gasteiger charge is 2.47. The molecule has 0 unspecified atom stereocenters. The molecule has 0 aliphatic heterocycles. The van der Waals surface area contributed by atoms with Crippen LogP contribution in [-0.4, -0.2) is 21.8 Å². The zero-order chi connectivity index (χ0) is 32.5. The van der Waals surface area contributed by atoms with Crippen LogP contribution >= 0.6 is 0 Å². The fourth-order valence-electron chi connectivity index (χ4n) is 5.93. The maximum atomic E-state index is 14.0. The average Bonchev–Trinajstić information content (AvgIpc) is 3.77. The van der Waals surface area contributed by atoms with Gasteiger partial charge in [-0.1, -0.05) is 30.3 Å². The lowest BCUT2D eigenvalue weighted by Crippen LogP contribution is -2.35. The van der Waals surface area contributed by atoms with Gasteiger partial charge in [-0.25, -0.2) is 4.39 Å². The Morgan fingerprint density at radius 1 is 0.979 bits per heavy atom. The van der Waals surface area contributed by atoms with E-state index < -0.39 is 11.4 Å². The quantitative estimate of drug-likeness (QED) is 0.169. The number of benzene rings is 3. The van der Waals surface area contributed by atoms with Crippen LogP contribution in [0.25, 0.3) is 22.1 Å². The summed E-state index contributed by atoms with van der Waals surface area (Å²) in [5.41, 5.74) is 11.3. The molecule has 3 heterocycles. The Kier molecular flexibility index (Phi) is 7.73. The van der Waals surface area contributed by atoms with Crippen molar-refractivity contribution in [1.29, 1.82) is 0 Å². The third-order valence-electron chi connectivity index (χ3n) is 8.54. The largest absolute Gasteiger partial charge is 0.488 e. The molecular weight excluding hydrogens is 595 g/mol. The van der Waals surface area contributed by atoms with Crippen molar-refractivity contribution in [3.05, 3.63) is 149 Å². The Labute approximate surface area is 270 Å². The molecule has 0 saturated heterocycles. The van der Waals surface area contributed by atoms with Crippen LogP contribution in [0.4, 0.5) is 4.39 Å². The number of halogens is 1. The van der Waals surface area contributed by atoms with E-state index in [9.17, 15) is 14.0 Å². The maximum absolute atomic E-state index is 14.0. The van der Waals surface area contributed by atoms with Crippen LogP contribution in [0.3, 0.4) is 0 Å². The molecule has 2 amide bonds. The van der Waals surface area contributed by atoms with E-state index in [1.54, 1.807) is 36.8 Å². The van der Waals surface area contributed by atoms with E-state index in [1.165, 1.54) is 12.1 Å². The number of nitrogens with two attached hydrogens (primary N) is 1. The summed E-state index contributed by atoms with van der Waals surface area (Å²) in [7, 11) is 0. The van der Waals surface area contributed by atoms with Crippen molar-refractivity contribution in [2.24, 2.45) is 5.73 Å². The summed E-state index contributed by atoms with van der Waals surface area (Å²) in [6, 6.07) is 24.7. The van der Waals surface area contributed by atoms with Crippen LogP contribution in [0.5, 0.6) is 5.75 Å². The number of pyridine rings is 2. The molecule has 0 spiro atoms. The third kappa shape index (κ3) is 6.07. The van der Waals surface area contributed by atoms with Crippen molar-refractivity contribution in [1.82, 2.24) is 15.3 Å². The van der Waals surface area contributed by atoms with Crippen LogP contribution in [0.15, 0.2) is 108 Å². The highest BCUT2D eigenvalue weighted by atomic mass is 19.1. The Morgan fingerprint density at radius 3 is 2.51 bits per heavy atom. The minimum absolute atomic E-state index is 0.234. The minimum atomic E-state index is -0.627. The van der Waals surface area contributed by atoms with Crippen molar-refractivity contribution in [2.45, 2.75) is 38.3 Å². The Morgan fingerprint density at radius 2 is 1.81 bits per heavy atom. The molecule has 0 radical (unpaired) electrons. The van der Waals surface area contributed by atoms with E-state index in [0.29, 0.717) is 28.0 Å². The van der Waals surface area contributed by atoms with E-state index >= 15 is 0 Å². The van der Waals surface area contributed by atoms with E-state index in [1.807, 2.05) is 61.5 Å². The van der Waals surface area contributed by atoms with Gasteiger partial charge in [0.15, 0.2) is 0 Å². The van der Waals surface area contributed by atoms with Gasteiger partial charge < -0.3 is 20.2 Å². The molecule has 1 fully saturated rings. The van der Waals surface area contributed by atoms with E-state index in [4.69, 9.17) is 14.9 Å². The number of primary amides is 1. The molecule has 0 atom stereocenters. The number of carbonyl (C=O) groups is 2. The second-order valence-corrected chi connectivity index (χ2v) is 11.8. The van der Waals surface area contributed by atoms with Crippen LogP contribution in [-0.2, 0) is 18.6 Å². The summed E-state index contributed by atoms with van der Waals surface area (Å²) < 4.78 is 25.8. The molecule has 3 N–H and O–H groups in total. The number of ether oxygens (including phenoxy) is 1. The first-order valence-electron chi connectivity index (χ1n) is 15.3. The van der Waals surface area contributed by atoms with Crippen molar-refractivity contribution in [3.8, 4) is 16.9 Å². The molecule has 1 aliphatic carbocycles. The monoisotopic (exact) mass is 626 g/mol. The predicted molar refractivity (Wildman–Crippen MR) is 175 cm³/mol. The van der Waals surface area contributed by atoms with Crippen LogP contribution in [0.1, 0.15) is 61.7 Å². The summed E-state index contributed by atoms with van der Waals surface area (Å²) >= 11 is 0. The van der Waals surface area contributed by atoms with Crippen molar-refractivity contribution >= 4 is 22.8 Å². The van der Waals surface area contributed by atoms with Crippen molar-refractivity contribution < 1.29 is 23.1 Å². The minimum Gasteiger partial charge on any atom is -0.488 e. The van der Waals surface area contributed by atoms with Crippen molar-refractivity contribution in [3.63, 3.8) is 0 Å². The smallest absolute Gasteiger partial charge is 0.255 e. The van der Waals surface area contributed by atoms with E-state index in [2.05, 4.69) is 15.3 Å². The van der Waals surface area contributed by atoms with Gasteiger partial charge in [0.05, 0.1) is 22.4 Å². The van der Waals surface area contributed by atoms with Gasteiger partial charge in [0.2, 0.25) is 0 Å². The number of amides is 2. The molecule has 0 bridgehead atoms. The van der Waals surface area contributed by atoms with E-state index in [0.717, 1.165) is 46.4 Å². The summed E-state index contributed by atoms with van der Waals surface area (Å²) in [6.07, 6.45) is 6.99. The van der Waals surface area contributed by atoms with Gasteiger partial charge in [-0.2, -0.15) is 0 Å². The summed E-state index contributed by atoms with van der Waals surface area (Å²) in [5, 5.41) is 3.78. The van der Waals surface area contributed by atoms with Gasteiger partial charge >= 0.3 is 0 Å². The lowest BCUT2D eigenvalue weighted by atomic mass is 9.95. The lowest BCUT2D eigenvalue weighted by Gasteiger charge is -2.20. The van der Waals surface area contributed by atoms with Crippen LogP contribution in [0, 0.1) is 12.7 Å². The molecule has 6 aromatic rings. The fraction of sp³-hybridized carbons (Fsp3) is 0.158. The first-order chi connectivity index (χ1) is 22.8. The molecule has 234 valence electrons. The van der Waals surface area contributed by atoms with Crippen LogP contribution < -0.4 is 15.8 Å². The number of furan rings is 1. The van der Waals surface area contributed by atoms with Gasteiger partial charge in [0, 0.05) is 36.0 Å². The Balaban J connectivity index is 1.27. The second kappa shape index (κ2) is 12.2. The normalized spacial score (nSPS) is 13.3. The number of rotatable bonds is 10. The number of aromatic nitrogens is 2. The lowest BCUT2D eigenvalue weighted by molar-refractivity contribution is 0.0924. The molecule has 1 saturated carbocycles. The molecule has 8 nitrogen and oxygen atoms in total. The predicted octanol–water partition coefficient (Wildman–Crippen LogP) is 7.03. The van der Waals surface area contributed by atoms with Gasteiger partial charge in [0.1, 0.15) is 29.5 Å². The molecule has 47 heavy (non-hydrogen) atoms. The standard InChI is InChI=1S/C38H31FN4O4/c1-23-17-32(46-22-25-5-4-15-41-21-25)30(37(45)43-38(13-14-38)34-6-2-3-16-42-34)20-28(23)26-9-12-31-29(19-26)35(36(40)44)33(47-31)18-24-7-10-27(39)11-8-24/h2-12,15-17,19-21H,13-14,18,22H2,1H3,(H2,40,44)(H,43,45). The van der Waals surface area contributed by atoms with Gasteiger partial charge in [-0.05, 0) is 96.6 Å².